The van der Waals surface area contributed by atoms with Crippen molar-refractivity contribution in [3.05, 3.63) is 78.6 Å². The maximum absolute atomic E-state index is 12.4. The first-order chi connectivity index (χ1) is 14.3. The first-order valence-corrected chi connectivity index (χ1v) is 8.83. The lowest BCUT2D eigenvalue weighted by molar-refractivity contribution is 0.102. The maximum Gasteiger partial charge on any atom is 0.255 e. The number of carbonyl (C=O) groups is 1. The van der Waals surface area contributed by atoms with Crippen LogP contribution < -0.4 is 10.6 Å². The molecule has 29 heavy (non-hydrogen) atoms. The number of amides is 1. The number of hydrogen-bond donors (Lipinski definition) is 2. The Labute approximate surface area is 164 Å². The summed E-state index contributed by atoms with van der Waals surface area (Å²) in [6, 6.07) is 18.2. The Morgan fingerprint density at radius 3 is 2.52 bits per heavy atom. The van der Waals surface area contributed by atoms with Gasteiger partial charge in [-0.2, -0.15) is 4.52 Å². The smallest absolute Gasteiger partial charge is 0.255 e. The molecule has 0 saturated heterocycles. The number of rotatable bonds is 4. The molecule has 2 N–H and O–H groups in total. The number of benzene rings is 2. The van der Waals surface area contributed by atoms with Crippen LogP contribution in [0.25, 0.3) is 16.7 Å². The summed E-state index contributed by atoms with van der Waals surface area (Å²) in [4.78, 5) is 20.9. The predicted octanol–water partition coefficient (Wildman–Crippen LogP) is 3.06. The number of para-hydroxylation sites is 2. The summed E-state index contributed by atoms with van der Waals surface area (Å²) in [5.41, 5.74) is 4.09. The van der Waals surface area contributed by atoms with Crippen LogP contribution >= 0.6 is 0 Å². The van der Waals surface area contributed by atoms with Crippen molar-refractivity contribution in [1.29, 1.82) is 0 Å². The molecule has 3 heterocycles. The molecule has 140 valence electrons. The molecule has 2 aromatic carbocycles. The van der Waals surface area contributed by atoms with Crippen molar-refractivity contribution in [3.63, 3.8) is 0 Å². The first kappa shape index (κ1) is 16.8. The number of hydrogen-bond acceptors (Lipinski definition) is 7. The van der Waals surface area contributed by atoms with Gasteiger partial charge in [0.05, 0.1) is 11.0 Å². The monoisotopic (exact) mass is 382 g/mol. The molecule has 0 saturated carbocycles. The van der Waals surface area contributed by atoms with E-state index in [9.17, 15) is 4.79 Å². The molecule has 0 radical (unpaired) electrons. The fourth-order valence-electron chi connectivity index (χ4n) is 2.97. The van der Waals surface area contributed by atoms with Gasteiger partial charge >= 0.3 is 0 Å². The van der Waals surface area contributed by atoms with Gasteiger partial charge in [0, 0.05) is 29.3 Å². The number of carbonyl (C=O) groups excluding carboxylic acids is 1. The molecule has 0 unspecified atom stereocenters. The van der Waals surface area contributed by atoms with E-state index in [4.69, 9.17) is 0 Å². The van der Waals surface area contributed by atoms with Gasteiger partial charge in [0.1, 0.15) is 0 Å². The highest BCUT2D eigenvalue weighted by Gasteiger charge is 2.12. The van der Waals surface area contributed by atoms with Crippen molar-refractivity contribution in [2.24, 2.45) is 0 Å². The number of nitrogens with one attached hydrogen (secondary N) is 2. The fourth-order valence-corrected chi connectivity index (χ4v) is 2.97. The Morgan fingerprint density at radius 1 is 0.897 bits per heavy atom. The third-order valence-corrected chi connectivity index (χ3v) is 4.37. The highest BCUT2D eigenvalue weighted by atomic mass is 16.1. The Morgan fingerprint density at radius 2 is 1.69 bits per heavy atom. The minimum atomic E-state index is -0.198. The Hall–Kier alpha value is -4.40. The van der Waals surface area contributed by atoms with Gasteiger partial charge in [-0.1, -0.05) is 12.1 Å². The Kier molecular flexibility index (Phi) is 4.02. The van der Waals surface area contributed by atoms with Crippen LogP contribution in [0.5, 0.6) is 0 Å². The van der Waals surface area contributed by atoms with Gasteiger partial charge in [-0.3, -0.25) is 9.78 Å². The van der Waals surface area contributed by atoms with E-state index in [0.717, 1.165) is 16.7 Å². The molecule has 0 aliphatic heterocycles. The average Bonchev–Trinajstić information content (AvgIpc) is 3.26. The van der Waals surface area contributed by atoms with Gasteiger partial charge in [0.25, 0.3) is 5.91 Å². The zero-order valence-corrected chi connectivity index (χ0v) is 15.0. The molecular formula is C20H14N8O. The average molecular weight is 382 g/mol. The van der Waals surface area contributed by atoms with Gasteiger partial charge < -0.3 is 10.6 Å². The number of pyridine rings is 1. The lowest BCUT2D eigenvalue weighted by Gasteiger charge is -2.09. The van der Waals surface area contributed by atoms with Crippen LogP contribution in [0.3, 0.4) is 0 Å². The summed E-state index contributed by atoms with van der Waals surface area (Å²) >= 11 is 0. The van der Waals surface area contributed by atoms with Gasteiger partial charge in [0.15, 0.2) is 5.82 Å². The molecular weight excluding hydrogens is 368 g/mol. The predicted molar refractivity (Wildman–Crippen MR) is 108 cm³/mol. The summed E-state index contributed by atoms with van der Waals surface area (Å²) in [6.45, 7) is 0. The van der Waals surface area contributed by atoms with E-state index in [0.29, 0.717) is 22.7 Å². The molecule has 9 heteroatoms. The second-order valence-corrected chi connectivity index (χ2v) is 6.26. The van der Waals surface area contributed by atoms with Crippen LogP contribution in [0.1, 0.15) is 10.4 Å². The molecule has 9 nitrogen and oxygen atoms in total. The first-order valence-electron chi connectivity index (χ1n) is 8.83. The van der Waals surface area contributed by atoms with Crippen LogP contribution in [0.4, 0.5) is 17.2 Å². The third-order valence-electron chi connectivity index (χ3n) is 4.37. The molecule has 0 aliphatic rings. The van der Waals surface area contributed by atoms with E-state index >= 15 is 0 Å². The zero-order valence-electron chi connectivity index (χ0n) is 15.0. The van der Waals surface area contributed by atoms with Crippen LogP contribution in [0.15, 0.2) is 73.1 Å². The summed E-state index contributed by atoms with van der Waals surface area (Å²) in [7, 11) is 0. The van der Waals surface area contributed by atoms with E-state index < -0.39 is 0 Å². The van der Waals surface area contributed by atoms with Crippen molar-refractivity contribution in [3.8, 4) is 0 Å². The molecule has 0 bridgehead atoms. The Balaban J connectivity index is 1.41. The second-order valence-electron chi connectivity index (χ2n) is 6.26. The van der Waals surface area contributed by atoms with Crippen molar-refractivity contribution < 1.29 is 4.79 Å². The number of fused-ring (bicyclic) bond motifs is 3. The van der Waals surface area contributed by atoms with E-state index in [-0.39, 0.29) is 5.91 Å². The van der Waals surface area contributed by atoms with E-state index in [1.807, 2.05) is 24.3 Å². The molecule has 0 aliphatic carbocycles. The van der Waals surface area contributed by atoms with Gasteiger partial charge in [-0.05, 0) is 59.0 Å². The summed E-state index contributed by atoms with van der Waals surface area (Å²) in [5, 5.41) is 17.9. The van der Waals surface area contributed by atoms with Crippen LogP contribution in [-0.2, 0) is 0 Å². The topological polar surface area (TPSA) is 110 Å². The van der Waals surface area contributed by atoms with Gasteiger partial charge in [-0.15, -0.1) is 5.10 Å². The molecule has 1 amide bonds. The number of nitrogens with zero attached hydrogens (tertiary/aromatic N) is 6. The van der Waals surface area contributed by atoms with Gasteiger partial charge in [-0.25, -0.2) is 4.98 Å². The molecule has 0 fully saturated rings. The maximum atomic E-state index is 12.4. The Bertz CT molecular complexity index is 1320. The van der Waals surface area contributed by atoms with Crippen molar-refractivity contribution >= 4 is 39.8 Å². The minimum absolute atomic E-state index is 0.198. The third kappa shape index (κ3) is 3.21. The largest absolute Gasteiger partial charge is 0.337 e. The summed E-state index contributed by atoms with van der Waals surface area (Å²) in [5.74, 6) is 0.332. The van der Waals surface area contributed by atoms with Crippen LogP contribution in [0.2, 0.25) is 0 Å². The molecule has 5 aromatic rings. The second kappa shape index (κ2) is 6.97. The van der Waals surface area contributed by atoms with Crippen LogP contribution in [-0.4, -0.2) is 35.9 Å². The highest BCUT2D eigenvalue weighted by molar-refractivity contribution is 6.04. The lowest BCUT2D eigenvalue weighted by atomic mass is 10.2. The SMILES string of the molecule is O=C(Nc1ccncc1)c1ccc(Nc2nc3ccccc3n3nnnc23)cc1. The van der Waals surface area contributed by atoms with Gasteiger partial charge in [0.2, 0.25) is 5.65 Å². The molecule has 0 spiro atoms. The van der Waals surface area contributed by atoms with Crippen molar-refractivity contribution in [2.75, 3.05) is 10.6 Å². The van der Waals surface area contributed by atoms with E-state index in [1.165, 1.54) is 0 Å². The molecule has 5 rings (SSSR count). The zero-order chi connectivity index (χ0) is 19.6. The van der Waals surface area contributed by atoms with Crippen molar-refractivity contribution in [1.82, 2.24) is 30.0 Å². The normalized spacial score (nSPS) is 10.9. The standard InChI is InChI=1S/C20H14N8O/c29-20(23-15-9-11-21-12-10-15)13-5-7-14(8-6-13)22-18-19-25-26-27-28(19)17-4-2-1-3-16(17)24-18/h1-12H,(H,22,24)(H,21,23,29). The molecule has 0 atom stereocenters. The lowest BCUT2D eigenvalue weighted by Crippen LogP contribution is -2.11. The van der Waals surface area contributed by atoms with Crippen LogP contribution in [0, 0.1) is 0 Å². The van der Waals surface area contributed by atoms with Crippen molar-refractivity contribution in [2.45, 2.75) is 0 Å². The highest BCUT2D eigenvalue weighted by Crippen LogP contribution is 2.22. The fraction of sp³-hybridized carbons (Fsp3) is 0. The number of aromatic nitrogens is 6. The number of tetrazole rings is 1. The number of anilines is 3. The minimum Gasteiger partial charge on any atom is -0.337 e. The van der Waals surface area contributed by atoms with E-state index in [2.05, 4.69) is 36.1 Å². The quantitative estimate of drug-likeness (QED) is 0.491. The van der Waals surface area contributed by atoms with E-state index in [1.54, 1.807) is 53.3 Å². The summed E-state index contributed by atoms with van der Waals surface area (Å²) < 4.78 is 1.64. The molecule has 3 aromatic heterocycles. The summed E-state index contributed by atoms with van der Waals surface area (Å²) in [6.07, 6.45) is 3.25.